The number of nitriles is 3. The summed E-state index contributed by atoms with van der Waals surface area (Å²) in [7, 11) is 0. The van der Waals surface area contributed by atoms with Crippen molar-refractivity contribution >= 4 is 28.2 Å². The smallest absolute Gasteiger partial charge is 0.101 e. The lowest BCUT2D eigenvalue weighted by atomic mass is 9.76. The highest BCUT2D eigenvalue weighted by atomic mass is 15.3. The van der Waals surface area contributed by atoms with Crippen molar-refractivity contribution in [1.82, 2.24) is 4.57 Å². The van der Waals surface area contributed by atoms with E-state index in [1.165, 1.54) is 33.4 Å². The standard InChI is InChI=1S/C47H37N5/c1-30-23-34(52-46-21-18-31(27-48)24-40(46)42-14-9-10-22-47(42,52)2)19-20-35(30)39-26-32(25-33(28-49)41(39)29-50)36-11-3-6-15-43(36)51-44-16-7-4-12-37(44)38-13-5-8-17-45(38)51/h3-4,6-12,14-18,20-22,24-26,30,34,42H,5,13,19,23H2,1-2H3/t30?,34?,42-,47?/m1/s1. The van der Waals surface area contributed by atoms with Crippen LogP contribution in [0.1, 0.15) is 78.1 Å². The lowest BCUT2D eigenvalue weighted by Crippen LogP contribution is -2.51. The molecule has 1 aromatic heterocycles. The van der Waals surface area contributed by atoms with Crippen molar-refractivity contribution in [2.45, 2.75) is 57.0 Å². The summed E-state index contributed by atoms with van der Waals surface area (Å²) >= 11 is 0. The van der Waals surface area contributed by atoms with Crippen LogP contribution in [-0.2, 0) is 6.42 Å². The zero-order chi connectivity index (χ0) is 35.6. The maximum atomic E-state index is 10.5. The summed E-state index contributed by atoms with van der Waals surface area (Å²) in [5, 5.41) is 31.9. The highest BCUT2D eigenvalue weighted by Gasteiger charge is 2.49. The second kappa shape index (κ2) is 12.2. The quantitative estimate of drug-likeness (QED) is 0.190. The first kappa shape index (κ1) is 31.6. The molecule has 4 aromatic carbocycles. The molecule has 5 aromatic rings. The molecular formula is C47H37N5. The van der Waals surface area contributed by atoms with Crippen molar-refractivity contribution in [2.75, 3.05) is 4.90 Å². The molecule has 0 spiro atoms. The van der Waals surface area contributed by atoms with Crippen LogP contribution in [0.2, 0.25) is 0 Å². The number of allylic oxidation sites excluding steroid dienone is 4. The van der Waals surface area contributed by atoms with Crippen LogP contribution in [0.3, 0.4) is 0 Å². The van der Waals surface area contributed by atoms with Gasteiger partial charge in [0, 0.05) is 34.3 Å². The third kappa shape index (κ3) is 4.65. The molecule has 4 atom stereocenters. The summed E-state index contributed by atoms with van der Waals surface area (Å²) in [6.07, 6.45) is 19.4. The van der Waals surface area contributed by atoms with Crippen LogP contribution in [0.25, 0.3) is 39.4 Å². The maximum Gasteiger partial charge on any atom is 0.101 e. The first-order valence-corrected chi connectivity index (χ1v) is 18.2. The number of aryl methyl sites for hydroxylation is 1. The fourth-order valence-corrected chi connectivity index (χ4v) is 9.59. The summed E-state index contributed by atoms with van der Waals surface area (Å²) in [6.45, 7) is 4.56. The van der Waals surface area contributed by atoms with Gasteiger partial charge in [-0.2, -0.15) is 15.8 Å². The Morgan fingerprint density at radius 2 is 1.69 bits per heavy atom. The molecule has 0 fully saturated rings. The third-order valence-electron chi connectivity index (χ3n) is 11.9. The van der Waals surface area contributed by atoms with E-state index in [1.807, 2.05) is 12.1 Å². The van der Waals surface area contributed by atoms with Crippen LogP contribution in [0, 0.1) is 39.9 Å². The molecule has 0 N–H and O–H groups in total. The van der Waals surface area contributed by atoms with Crippen molar-refractivity contribution in [3.8, 4) is 35.0 Å². The van der Waals surface area contributed by atoms with Crippen LogP contribution < -0.4 is 4.90 Å². The average molecular weight is 672 g/mol. The summed E-state index contributed by atoms with van der Waals surface area (Å²) < 4.78 is 2.36. The number of anilines is 1. The minimum Gasteiger partial charge on any atom is -0.358 e. The molecule has 250 valence electrons. The summed E-state index contributed by atoms with van der Waals surface area (Å²) in [5.74, 6) is 0.307. The molecule has 3 aliphatic carbocycles. The second-order valence-corrected chi connectivity index (χ2v) is 14.7. The number of rotatable bonds is 4. The van der Waals surface area contributed by atoms with Gasteiger partial charge in [0.1, 0.15) is 12.1 Å². The Morgan fingerprint density at radius 3 is 2.52 bits per heavy atom. The molecule has 1 aliphatic heterocycles. The van der Waals surface area contributed by atoms with Gasteiger partial charge in [0.25, 0.3) is 0 Å². The largest absolute Gasteiger partial charge is 0.358 e. The Bertz CT molecular complexity index is 2570. The molecular weight excluding hydrogens is 635 g/mol. The number of hydrogen-bond donors (Lipinski definition) is 0. The fourth-order valence-electron chi connectivity index (χ4n) is 9.59. The van der Waals surface area contributed by atoms with Crippen LogP contribution >= 0.6 is 0 Å². The van der Waals surface area contributed by atoms with Gasteiger partial charge >= 0.3 is 0 Å². The zero-order valence-corrected chi connectivity index (χ0v) is 29.3. The van der Waals surface area contributed by atoms with E-state index in [4.69, 9.17) is 0 Å². The highest BCUT2D eigenvalue weighted by Crippen LogP contribution is 2.54. The van der Waals surface area contributed by atoms with Gasteiger partial charge in [-0.15, -0.1) is 0 Å². The van der Waals surface area contributed by atoms with Crippen LogP contribution in [0.5, 0.6) is 0 Å². The predicted molar refractivity (Wildman–Crippen MR) is 209 cm³/mol. The van der Waals surface area contributed by atoms with Crippen molar-refractivity contribution in [3.63, 3.8) is 0 Å². The Kier molecular flexibility index (Phi) is 7.39. The number of hydrogen-bond acceptors (Lipinski definition) is 4. The SMILES string of the molecule is CC1CC(N2c3ccc(C#N)cc3[C@H]3C=CC=CC32C)CC=C1c1cc(-c2ccccc2-n2c3c(c4ccccc42)CCC=C3)cc(C#N)c1C#N. The minimum atomic E-state index is -0.243. The van der Waals surface area contributed by atoms with Gasteiger partial charge in [-0.05, 0) is 115 Å². The van der Waals surface area contributed by atoms with Crippen molar-refractivity contribution in [3.05, 3.63) is 154 Å². The molecule has 52 heavy (non-hydrogen) atoms. The highest BCUT2D eigenvalue weighted by molar-refractivity contribution is 5.93. The molecule has 0 saturated heterocycles. The van der Waals surface area contributed by atoms with Crippen LogP contribution in [-0.4, -0.2) is 16.1 Å². The lowest BCUT2D eigenvalue weighted by molar-refractivity contribution is 0.398. The molecule has 2 heterocycles. The maximum absolute atomic E-state index is 10.5. The van der Waals surface area contributed by atoms with Gasteiger partial charge in [-0.25, -0.2) is 0 Å². The Hall–Kier alpha value is -6.35. The van der Waals surface area contributed by atoms with E-state index in [-0.39, 0.29) is 23.4 Å². The summed E-state index contributed by atoms with van der Waals surface area (Å²) in [4.78, 5) is 2.58. The van der Waals surface area contributed by atoms with E-state index in [0.717, 1.165) is 53.6 Å². The Balaban J connectivity index is 1.15. The molecule has 5 nitrogen and oxygen atoms in total. The van der Waals surface area contributed by atoms with Gasteiger partial charge in [0.2, 0.25) is 0 Å². The first-order valence-electron chi connectivity index (χ1n) is 18.2. The molecule has 0 bridgehead atoms. The Morgan fingerprint density at radius 1 is 0.846 bits per heavy atom. The number of nitrogens with zero attached hydrogens (tertiary/aromatic N) is 5. The van der Waals surface area contributed by atoms with Crippen LogP contribution in [0.4, 0.5) is 5.69 Å². The molecule has 4 aliphatic rings. The second-order valence-electron chi connectivity index (χ2n) is 14.7. The first-order chi connectivity index (χ1) is 25.4. The number of fused-ring (bicyclic) bond motifs is 6. The van der Waals surface area contributed by atoms with E-state index in [0.29, 0.717) is 16.7 Å². The minimum absolute atomic E-state index is 0.140. The van der Waals surface area contributed by atoms with Gasteiger partial charge in [-0.1, -0.05) is 79.8 Å². The summed E-state index contributed by atoms with van der Waals surface area (Å²) in [5.41, 5.74) is 12.4. The number of para-hydroxylation sites is 2. The topological polar surface area (TPSA) is 79.5 Å². The molecule has 0 radical (unpaired) electrons. The van der Waals surface area contributed by atoms with Crippen LogP contribution in [0.15, 0.2) is 115 Å². The number of benzene rings is 4. The molecule has 5 heteroatoms. The van der Waals surface area contributed by atoms with Gasteiger partial charge in [0.15, 0.2) is 0 Å². The number of aromatic nitrogens is 1. The van der Waals surface area contributed by atoms with Gasteiger partial charge < -0.3 is 9.47 Å². The van der Waals surface area contributed by atoms with Crippen molar-refractivity contribution in [2.24, 2.45) is 5.92 Å². The Labute approximate surface area is 305 Å². The van der Waals surface area contributed by atoms with E-state index in [9.17, 15) is 15.8 Å². The average Bonchev–Trinajstić information content (AvgIpc) is 3.66. The van der Waals surface area contributed by atoms with Gasteiger partial charge in [-0.3, -0.25) is 0 Å². The van der Waals surface area contributed by atoms with E-state index < -0.39 is 0 Å². The molecule has 0 amide bonds. The van der Waals surface area contributed by atoms with E-state index >= 15 is 0 Å². The molecule has 0 saturated carbocycles. The van der Waals surface area contributed by atoms with E-state index in [2.05, 4.69) is 151 Å². The van der Waals surface area contributed by atoms with Crippen molar-refractivity contribution in [1.29, 1.82) is 15.8 Å². The zero-order valence-electron chi connectivity index (χ0n) is 29.3. The van der Waals surface area contributed by atoms with E-state index in [1.54, 1.807) is 0 Å². The van der Waals surface area contributed by atoms with Gasteiger partial charge in [0.05, 0.1) is 39.5 Å². The predicted octanol–water partition coefficient (Wildman–Crippen LogP) is 10.5. The summed E-state index contributed by atoms with van der Waals surface area (Å²) in [6, 6.07) is 34.6. The molecule has 9 rings (SSSR count). The third-order valence-corrected chi connectivity index (χ3v) is 11.9. The fraction of sp³-hybridized carbons (Fsp3) is 0.213. The monoisotopic (exact) mass is 671 g/mol. The normalized spacial score (nSPS) is 22.6. The molecule has 3 unspecified atom stereocenters. The van der Waals surface area contributed by atoms with Crippen molar-refractivity contribution < 1.29 is 0 Å². The lowest BCUT2D eigenvalue weighted by Gasteiger charge is -2.46.